The Morgan fingerprint density at radius 3 is 1.90 bits per heavy atom. The number of amides is 2. The number of benzene rings is 3. The molecule has 1 aliphatic rings. The molecule has 1 aliphatic carbocycles. The highest BCUT2D eigenvalue weighted by atomic mass is 35.5. The zero-order valence-corrected chi connectivity index (χ0v) is 22.2. The molecule has 3 N–H and O–H groups in total. The third-order valence-corrected chi connectivity index (χ3v) is 6.78. The molecule has 39 heavy (non-hydrogen) atoms. The molecule has 1 saturated carbocycles. The molecule has 1 fully saturated rings. The van der Waals surface area contributed by atoms with E-state index in [4.69, 9.17) is 26.2 Å². The molecule has 0 spiro atoms. The molecule has 8 nitrogen and oxygen atoms in total. The summed E-state index contributed by atoms with van der Waals surface area (Å²) < 4.78 is 11.7. The summed E-state index contributed by atoms with van der Waals surface area (Å²) in [6.07, 6.45) is 2.62. The molecule has 0 aromatic heterocycles. The van der Waals surface area contributed by atoms with Gasteiger partial charge in [-0.05, 0) is 91.9 Å². The third kappa shape index (κ3) is 8.48. The number of carboxylic acid groups (broad SMARTS) is 1. The zero-order chi connectivity index (χ0) is 27.6. The van der Waals surface area contributed by atoms with Crippen LogP contribution in [0.25, 0.3) is 0 Å². The van der Waals surface area contributed by atoms with Crippen LogP contribution < -0.4 is 20.1 Å². The smallest absolute Gasteiger partial charge is 0.306 e. The predicted molar refractivity (Wildman–Crippen MR) is 147 cm³/mol. The maximum atomic E-state index is 12.4. The fraction of sp³-hybridized carbons (Fsp3) is 0.300. The molecule has 204 valence electrons. The van der Waals surface area contributed by atoms with Gasteiger partial charge in [-0.15, -0.1) is 0 Å². The lowest BCUT2D eigenvalue weighted by molar-refractivity contribution is -0.143. The van der Waals surface area contributed by atoms with E-state index in [1.54, 1.807) is 54.6 Å². The molecule has 0 saturated heterocycles. The Bertz CT molecular complexity index is 1270. The highest BCUT2D eigenvalue weighted by Gasteiger charge is 2.26. The third-order valence-electron chi connectivity index (χ3n) is 6.55. The molecule has 0 bridgehead atoms. The van der Waals surface area contributed by atoms with Crippen molar-refractivity contribution in [3.63, 3.8) is 0 Å². The van der Waals surface area contributed by atoms with Crippen molar-refractivity contribution >= 4 is 29.4 Å². The molecule has 0 unspecified atom stereocenters. The number of ether oxygens (including phenoxy) is 2. The van der Waals surface area contributed by atoms with E-state index >= 15 is 0 Å². The first-order valence-corrected chi connectivity index (χ1v) is 13.3. The van der Waals surface area contributed by atoms with Gasteiger partial charge in [0.05, 0.1) is 12.0 Å². The SMILES string of the molecule is O=C(NCCNC(=O)c1ccc(O[C@H]2CC[C@@H](C(=O)O)CC2)cc1)c1ccc(OCc2cccc(Cl)c2)cc1. The average molecular weight is 551 g/mol. The molecule has 2 amide bonds. The molecular formula is C30H31ClN2O6. The normalized spacial score (nSPS) is 16.6. The summed E-state index contributed by atoms with van der Waals surface area (Å²) in [5, 5.41) is 15.3. The van der Waals surface area contributed by atoms with Gasteiger partial charge < -0.3 is 25.2 Å². The van der Waals surface area contributed by atoms with Crippen molar-refractivity contribution in [1.82, 2.24) is 10.6 Å². The summed E-state index contributed by atoms with van der Waals surface area (Å²) in [7, 11) is 0. The number of carboxylic acids is 1. The van der Waals surface area contributed by atoms with E-state index in [0.717, 1.165) is 5.56 Å². The fourth-order valence-electron chi connectivity index (χ4n) is 4.36. The number of nitrogens with one attached hydrogen (secondary N) is 2. The van der Waals surface area contributed by atoms with Gasteiger partial charge in [-0.25, -0.2) is 0 Å². The van der Waals surface area contributed by atoms with Crippen LogP contribution in [0.4, 0.5) is 0 Å². The minimum atomic E-state index is -0.742. The van der Waals surface area contributed by atoms with Crippen molar-refractivity contribution in [3.05, 3.63) is 94.5 Å². The van der Waals surface area contributed by atoms with Gasteiger partial charge in [0, 0.05) is 29.2 Å². The van der Waals surface area contributed by atoms with Gasteiger partial charge in [-0.2, -0.15) is 0 Å². The Balaban J connectivity index is 1.14. The monoisotopic (exact) mass is 550 g/mol. The average Bonchev–Trinajstić information content (AvgIpc) is 2.95. The number of rotatable bonds is 11. The molecule has 9 heteroatoms. The summed E-state index contributed by atoms with van der Waals surface area (Å²) in [4.78, 5) is 35.9. The van der Waals surface area contributed by atoms with Gasteiger partial charge in [0.1, 0.15) is 18.1 Å². The van der Waals surface area contributed by atoms with E-state index in [0.29, 0.717) is 59.9 Å². The number of hydrogen-bond donors (Lipinski definition) is 3. The Morgan fingerprint density at radius 1 is 0.795 bits per heavy atom. The standard InChI is InChI=1S/C30H31ClN2O6/c31-24-3-1-2-20(18-24)19-38-25-10-4-21(5-11-25)28(34)32-16-17-33-29(35)22-6-12-26(13-7-22)39-27-14-8-23(9-15-27)30(36)37/h1-7,10-13,18,23,27H,8-9,14-17,19H2,(H,32,34)(H,33,35)(H,36,37)/t23-,27+. The maximum Gasteiger partial charge on any atom is 0.306 e. The van der Waals surface area contributed by atoms with Crippen molar-refractivity contribution in [2.75, 3.05) is 13.1 Å². The van der Waals surface area contributed by atoms with Gasteiger partial charge in [-0.3, -0.25) is 14.4 Å². The molecule has 0 heterocycles. The van der Waals surface area contributed by atoms with Crippen LogP contribution in [0.3, 0.4) is 0 Å². The first-order valence-electron chi connectivity index (χ1n) is 12.9. The Morgan fingerprint density at radius 2 is 1.36 bits per heavy atom. The first kappa shape index (κ1) is 28.0. The molecular weight excluding hydrogens is 520 g/mol. The topological polar surface area (TPSA) is 114 Å². The second-order valence-corrected chi connectivity index (χ2v) is 9.85. The van der Waals surface area contributed by atoms with Crippen LogP contribution in [0, 0.1) is 5.92 Å². The highest BCUT2D eigenvalue weighted by Crippen LogP contribution is 2.28. The number of carbonyl (C=O) groups excluding carboxylic acids is 2. The first-order chi connectivity index (χ1) is 18.9. The van der Waals surface area contributed by atoms with E-state index in [-0.39, 0.29) is 36.9 Å². The lowest BCUT2D eigenvalue weighted by Crippen LogP contribution is -2.34. The number of halogens is 1. The van der Waals surface area contributed by atoms with Gasteiger partial charge in [-0.1, -0.05) is 23.7 Å². The zero-order valence-electron chi connectivity index (χ0n) is 21.4. The van der Waals surface area contributed by atoms with E-state index in [1.165, 1.54) is 0 Å². The molecule has 0 atom stereocenters. The van der Waals surface area contributed by atoms with Gasteiger partial charge >= 0.3 is 5.97 Å². The molecule has 0 radical (unpaired) electrons. The largest absolute Gasteiger partial charge is 0.490 e. The van der Waals surface area contributed by atoms with E-state index in [1.807, 2.05) is 18.2 Å². The second-order valence-electron chi connectivity index (χ2n) is 9.41. The number of carbonyl (C=O) groups is 3. The van der Waals surface area contributed by atoms with Crippen molar-refractivity contribution in [3.8, 4) is 11.5 Å². The minimum Gasteiger partial charge on any atom is -0.490 e. The Labute approximate surface area is 232 Å². The number of aliphatic carboxylic acids is 1. The van der Waals surface area contributed by atoms with Crippen LogP contribution in [0.5, 0.6) is 11.5 Å². The van der Waals surface area contributed by atoms with Crippen LogP contribution >= 0.6 is 11.6 Å². The van der Waals surface area contributed by atoms with Crippen molar-refractivity contribution in [2.45, 2.75) is 38.4 Å². The molecule has 4 rings (SSSR count). The molecule has 3 aromatic carbocycles. The quantitative estimate of drug-likeness (QED) is 0.286. The van der Waals surface area contributed by atoms with E-state index < -0.39 is 5.97 Å². The summed E-state index contributed by atoms with van der Waals surface area (Å²) >= 11 is 5.99. The summed E-state index contributed by atoms with van der Waals surface area (Å²) in [5.74, 6) is -0.233. The van der Waals surface area contributed by atoms with Crippen LogP contribution in [0.2, 0.25) is 5.02 Å². The van der Waals surface area contributed by atoms with Crippen LogP contribution in [-0.4, -0.2) is 42.1 Å². The van der Waals surface area contributed by atoms with Crippen molar-refractivity contribution in [2.24, 2.45) is 5.92 Å². The summed E-state index contributed by atoms with van der Waals surface area (Å²) in [6, 6.07) is 21.1. The van der Waals surface area contributed by atoms with Gasteiger partial charge in [0.15, 0.2) is 0 Å². The highest BCUT2D eigenvalue weighted by molar-refractivity contribution is 6.30. The van der Waals surface area contributed by atoms with Crippen LogP contribution in [0.15, 0.2) is 72.8 Å². The Kier molecular flexibility index (Phi) is 9.80. The summed E-state index contributed by atoms with van der Waals surface area (Å²) in [6.45, 7) is 0.922. The fourth-order valence-corrected chi connectivity index (χ4v) is 4.57. The second kappa shape index (κ2) is 13.7. The Hall–Kier alpha value is -4.04. The maximum absolute atomic E-state index is 12.4. The number of hydrogen-bond acceptors (Lipinski definition) is 5. The van der Waals surface area contributed by atoms with E-state index in [2.05, 4.69) is 10.6 Å². The van der Waals surface area contributed by atoms with Crippen LogP contribution in [-0.2, 0) is 11.4 Å². The van der Waals surface area contributed by atoms with Gasteiger partial charge in [0.25, 0.3) is 11.8 Å². The van der Waals surface area contributed by atoms with Crippen LogP contribution in [0.1, 0.15) is 52.0 Å². The minimum absolute atomic E-state index is 0.0125. The lowest BCUT2D eigenvalue weighted by Gasteiger charge is -2.26. The van der Waals surface area contributed by atoms with E-state index in [9.17, 15) is 14.4 Å². The molecule has 3 aromatic rings. The van der Waals surface area contributed by atoms with Crippen molar-refractivity contribution < 1.29 is 29.0 Å². The lowest BCUT2D eigenvalue weighted by atomic mass is 9.87. The van der Waals surface area contributed by atoms with Crippen molar-refractivity contribution in [1.29, 1.82) is 0 Å². The summed E-state index contributed by atoms with van der Waals surface area (Å²) in [5.41, 5.74) is 1.92. The molecule has 0 aliphatic heterocycles. The van der Waals surface area contributed by atoms with Gasteiger partial charge in [0.2, 0.25) is 0 Å². The predicted octanol–water partition coefficient (Wildman–Crippen LogP) is 5.10.